The van der Waals surface area contributed by atoms with Crippen molar-refractivity contribution >= 4 is 11.6 Å². The lowest BCUT2D eigenvalue weighted by molar-refractivity contribution is 0.0949. The van der Waals surface area contributed by atoms with E-state index < -0.39 is 0 Å². The third-order valence-electron chi connectivity index (χ3n) is 4.50. The first-order chi connectivity index (χ1) is 10.2. The predicted octanol–water partition coefficient (Wildman–Crippen LogP) is 4.06. The van der Waals surface area contributed by atoms with Gasteiger partial charge in [-0.05, 0) is 49.4 Å². The molecule has 0 aromatic heterocycles. The van der Waals surface area contributed by atoms with Gasteiger partial charge >= 0.3 is 0 Å². The molecule has 1 aromatic rings. The Morgan fingerprint density at radius 1 is 1.14 bits per heavy atom. The van der Waals surface area contributed by atoms with Crippen LogP contribution in [0, 0.1) is 11.8 Å². The number of hydrogen-bond acceptors (Lipinski definition) is 2. The quantitative estimate of drug-likeness (QED) is 0.828. The Hall–Kier alpha value is -1.51. The topological polar surface area (TPSA) is 41.1 Å². The summed E-state index contributed by atoms with van der Waals surface area (Å²) in [5, 5.41) is 6.28. The molecule has 0 atom stereocenters. The molecule has 0 heterocycles. The summed E-state index contributed by atoms with van der Waals surface area (Å²) in [6.45, 7) is 6.10. The Kier molecular flexibility index (Phi) is 6.09. The first kappa shape index (κ1) is 15.9. The summed E-state index contributed by atoms with van der Waals surface area (Å²) in [5.41, 5.74) is 1.80. The summed E-state index contributed by atoms with van der Waals surface area (Å²) in [6.07, 6.45) is 6.48. The molecule has 0 radical (unpaired) electrons. The van der Waals surface area contributed by atoms with E-state index in [1.54, 1.807) is 0 Å². The Balaban J connectivity index is 1.71. The lowest BCUT2D eigenvalue weighted by atomic mass is 9.81. The van der Waals surface area contributed by atoms with E-state index in [2.05, 4.69) is 24.5 Å². The fourth-order valence-corrected chi connectivity index (χ4v) is 3.05. The van der Waals surface area contributed by atoms with Crippen molar-refractivity contribution in [2.75, 3.05) is 18.4 Å². The summed E-state index contributed by atoms with van der Waals surface area (Å²) in [7, 11) is 0. The van der Waals surface area contributed by atoms with E-state index in [4.69, 9.17) is 0 Å². The highest BCUT2D eigenvalue weighted by Gasteiger charge is 2.18. The molecule has 1 aliphatic rings. The zero-order chi connectivity index (χ0) is 15.1. The van der Waals surface area contributed by atoms with Crippen molar-refractivity contribution in [3.8, 4) is 0 Å². The average molecular weight is 288 g/mol. The summed E-state index contributed by atoms with van der Waals surface area (Å²) >= 11 is 0. The van der Waals surface area contributed by atoms with Gasteiger partial charge in [0.25, 0.3) is 5.91 Å². The van der Waals surface area contributed by atoms with E-state index in [0.29, 0.717) is 0 Å². The number of carbonyl (C=O) groups excluding carboxylic acids is 1. The van der Waals surface area contributed by atoms with E-state index in [-0.39, 0.29) is 5.91 Å². The van der Waals surface area contributed by atoms with Gasteiger partial charge in [-0.25, -0.2) is 0 Å². The minimum Gasteiger partial charge on any atom is -0.385 e. The first-order valence-corrected chi connectivity index (χ1v) is 8.31. The highest BCUT2D eigenvalue weighted by Crippen LogP contribution is 2.29. The molecular weight excluding hydrogens is 260 g/mol. The van der Waals surface area contributed by atoms with E-state index >= 15 is 0 Å². The van der Waals surface area contributed by atoms with E-state index in [9.17, 15) is 4.79 Å². The van der Waals surface area contributed by atoms with Gasteiger partial charge in [-0.3, -0.25) is 4.79 Å². The van der Waals surface area contributed by atoms with Crippen molar-refractivity contribution in [1.82, 2.24) is 5.32 Å². The molecule has 0 saturated heterocycles. The highest BCUT2D eigenvalue weighted by atomic mass is 16.1. The number of anilines is 1. The van der Waals surface area contributed by atoms with Gasteiger partial charge in [-0.1, -0.05) is 32.6 Å². The van der Waals surface area contributed by atoms with Crippen LogP contribution in [0.15, 0.2) is 24.3 Å². The normalized spacial score (nSPS) is 21.8. The Bertz CT molecular complexity index is 433. The van der Waals surface area contributed by atoms with Gasteiger partial charge in [0, 0.05) is 24.3 Å². The zero-order valence-electron chi connectivity index (χ0n) is 13.3. The van der Waals surface area contributed by atoms with Crippen LogP contribution >= 0.6 is 0 Å². The SMILES string of the molecule is CCNc1ccc(C(=O)NCCC2CCC(C)CC2)cc1. The molecule has 0 bridgehead atoms. The van der Waals surface area contributed by atoms with Gasteiger partial charge in [-0.15, -0.1) is 0 Å². The Labute approximate surface area is 128 Å². The first-order valence-electron chi connectivity index (χ1n) is 8.31. The number of rotatable bonds is 6. The Morgan fingerprint density at radius 2 is 1.81 bits per heavy atom. The van der Waals surface area contributed by atoms with Crippen LogP contribution in [0.4, 0.5) is 5.69 Å². The van der Waals surface area contributed by atoms with Crippen LogP contribution in [0.1, 0.15) is 56.3 Å². The largest absolute Gasteiger partial charge is 0.385 e. The minimum absolute atomic E-state index is 0.0437. The predicted molar refractivity (Wildman–Crippen MR) is 88.7 cm³/mol. The lowest BCUT2D eigenvalue weighted by Crippen LogP contribution is -2.26. The summed E-state index contributed by atoms with van der Waals surface area (Å²) in [5.74, 6) is 1.74. The van der Waals surface area contributed by atoms with Crippen LogP contribution in [0.2, 0.25) is 0 Å². The monoisotopic (exact) mass is 288 g/mol. The maximum absolute atomic E-state index is 12.1. The molecule has 2 N–H and O–H groups in total. The maximum atomic E-state index is 12.1. The molecule has 1 aliphatic carbocycles. The molecule has 1 fully saturated rings. The number of carbonyl (C=O) groups is 1. The molecule has 1 aromatic carbocycles. The fraction of sp³-hybridized carbons (Fsp3) is 0.611. The molecule has 116 valence electrons. The van der Waals surface area contributed by atoms with Crippen LogP contribution in [0.5, 0.6) is 0 Å². The zero-order valence-corrected chi connectivity index (χ0v) is 13.3. The third-order valence-corrected chi connectivity index (χ3v) is 4.50. The average Bonchev–Trinajstić information content (AvgIpc) is 2.50. The second kappa shape index (κ2) is 8.06. The van der Waals surface area contributed by atoms with Crippen LogP contribution in [0.3, 0.4) is 0 Å². The minimum atomic E-state index is 0.0437. The van der Waals surface area contributed by atoms with Crippen molar-refractivity contribution in [2.45, 2.75) is 46.0 Å². The molecule has 0 unspecified atom stereocenters. The van der Waals surface area contributed by atoms with Gasteiger partial charge in [-0.2, -0.15) is 0 Å². The van der Waals surface area contributed by atoms with E-state index in [0.717, 1.165) is 42.6 Å². The number of hydrogen-bond donors (Lipinski definition) is 2. The van der Waals surface area contributed by atoms with Gasteiger partial charge in [0.2, 0.25) is 0 Å². The van der Waals surface area contributed by atoms with Crippen LogP contribution < -0.4 is 10.6 Å². The van der Waals surface area contributed by atoms with E-state index in [1.165, 1.54) is 25.7 Å². The van der Waals surface area contributed by atoms with Gasteiger partial charge in [0.15, 0.2) is 0 Å². The van der Waals surface area contributed by atoms with Crippen molar-refractivity contribution in [2.24, 2.45) is 11.8 Å². The lowest BCUT2D eigenvalue weighted by Gasteiger charge is -2.26. The molecule has 1 amide bonds. The summed E-state index contributed by atoms with van der Waals surface area (Å²) < 4.78 is 0. The molecule has 3 heteroatoms. The molecule has 0 spiro atoms. The summed E-state index contributed by atoms with van der Waals surface area (Å²) in [6, 6.07) is 7.69. The number of benzene rings is 1. The second-order valence-electron chi connectivity index (χ2n) is 6.28. The van der Waals surface area contributed by atoms with Crippen molar-refractivity contribution in [3.05, 3.63) is 29.8 Å². The van der Waals surface area contributed by atoms with Crippen LogP contribution in [0.25, 0.3) is 0 Å². The smallest absolute Gasteiger partial charge is 0.251 e. The molecule has 0 aliphatic heterocycles. The number of nitrogens with one attached hydrogen (secondary N) is 2. The molecule has 3 nitrogen and oxygen atoms in total. The van der Waals surface area contributed by atoms with Crippen LogP contribution in [-0.4, -0.2) is 19.0 Å². The molecule has 21 heavy (non-hydrogen) atoms. The highest BCUT2D eigenvalue weighted by molar-refractivity contribution is 5.94. The number of amides is 1. The van der Waals surface area contributed by atoms with Gasteiger partial charge in [0.05, 0.1) is 0 Å². The molecular formula is C18H28N2O. The van der Waals surface area contributed by atoms with Crippen molar-refractivity contribution < 1.29 is 4.79 Å². The Morgan fingerprint density at radius 3 is 2.43 bits per heavy atom. The fourth-order valence-electron chi connectivity index (χ4n) is 3.05. The second-order valence-corrected chi connectivity index (χ2v) is 6.28. The molecule has 2 rings (SSSR count). The molecule has 1 saturated carbocycles. The van der Waals surface area contributed by atoms with Crippen molar-refractivity contribution in [3.63, 3.8) is 0 Å². The van der Waals surface area contributed by atoms with Crippen molar-refractivity contribution in [1.29, 1.82) is 0 Å². The summed E-state index contributed by atoms with van der Waals surface area (Å²) in [4.78, 5) is 12.1. The van der Waals surface area contributed by atoms with Gasteiger partial charge < -0.3 is 10.6 Å². The standard InChI is InChI=1S/C18H28N2O/c1-3-19-17-10-8-16(9-11-17)18(21)20-13-12-15-6-4-14(2)5-7-15/h8-11,14-15,19H,3-7,12-13H2,1-2H3,(H,20,21). The third kappa shape index (κ3) is 5.07. The van der Waals surface area contributed by atoms with Crippen LogP contribution in [-0.2, 0) is 0 Å². The van der Waals surface area contributed by atoms with E-state index in [1.807, 2.05) is 24.3 Å². The van der Waals surface area contributed by atoms with Gasteiger partial charge in [0.1, 0.15) is 0 Å². The maximum Gasteiger partial charge on any atom is 0.251 e.